The third-order valence-corrected chi connectivity index (χ3v) is 3.10. The molecule has 0 saturated heterocycles. The Morgan fingerprint density at radius 3 is 2.55 bits per heavy atom. The molecule has 4 nitrogen and oxygen atoms in total. The number of nitrogens with zero attached hydrogens (tertiary/aromatic N) is 1. The normalized spacial score (nSPS) is 11.7. The van der Waals surface area contributed by atoms with E-state index in [1.807, 2.05) is 49.4 Å². The standard InChI is InChI=1S/C16H19N3O/c1-3-13-7-9-14(10-8-13)19-16(20)18-12(2)15-6-4-5-11-17-15/h4-12H,3H2,1-2H3,(H2,18,19,20)/t12-/m1/s1. The molecule has 0 fully saturated rings. The number of anilines is 1. The topological polar surface area (TPSA) is 54.0 Å². The van der Waals surface area contributed by atoms with Gasteiger partial charge in [-0.25, -0.2) is 4.79 Å². The number of pyridine rings is 1. The number of hydrogen-bond donors (Lipinski definition) is 2. The lowest BCUT2D eigenvalue weighted by molar-refractivity contribution is 0.249. The van der Waals surface area contributed by atoms with Gasteiger partial charge in [-0.2, -0.15) is 0 Å². The molecule has 2 aromatic rings. The second kappa shape index (κ2) is 6.70. The Morgan fingerprint density at radius 2 is 1.95 bits per heavy atom. The molecule has 1 aromatic heterocycles. The predicted octanol–water partition coefficient (Wildman–Crippen LogP) is 3.53. The first-order chi connectivity index (χ1) is 9.69. The summed E-state index contributed by atoms with van der Waals surface area (Å²) in [4.78, 5) is 16.1. The van der Waals surface area contributed by atoms with Gasteiger partial charge in [0.25, 0.3) is 0 Å². The highest BCUT2D eigenvalue weighted by Gasteiger charge is 2.10. The first-order valence-corrected chi connectivity index (χ1v) is 6.76. The van der Waals surface area contributed by atoms with Gasteiger partial charge in [-0.3, -0.25) is 4.98 Å². The molecular formula is C16H19N3O. The second-order valence-electron chi connectivity index (χ2n) is 4.63. The van der Waals surface area contributed by atoms with Crippen molar-refractivity contribution in [3.05, 3.63) is 59.9 Å². The maximum atomic E-state index is 11.9. The Labute approximate surface area is 119 Å². The first kappa shape index (κ1) is 14.1. The molecule has 2 N–H and O–H groups in total. The number of nitrogens with one attached hydrogen (secondary N) is 2. The summed E-state index contributed by atoms with van der Waals surface area (Å²) in [7, 11) is 0. The van der Waals surface area contributed by atoms with Gasteiger partial charge < -0.3 is 10.6 Å². The zero-order valence-corrected chi connectivity index (χ0v) is 11.8. The van der Waals surface area contributed by atoms with Gasteiger partial charge >= 0.3 is 6.03 Å². The van der Waals surface area contributed by atoms with Crippen molar-refractivity contribution in [1.29, 1.82) is 0 Å². The summed E-state index contributed by atoms with van der Waals surface area (Å²) in [6.45, 7) is 4.01. The van der Waals surface area contributed by atoms with Crippen LogP contribution in [0.2, 0.25) is 0 Å². The molecule has 0 saturated carbocycles. The summed E-state index contributed by atoms with van der Waals surface area (Å²) in [5.74, 6) is 0. The molecule has 0 unspecified atom stereocenters. The van der Waals surface area contributed by atoms with E-state index in [0.717, 1.165) is 17.8 Å². The zero-order chi connectivity index (χ0) is 14.4. The number of carbonyl (C=O) groups excluding carboxylic acids is 1. The van der Waals surface area contributed by atoms with Gasteiger partial charge in [0.2, 0.25) is 0 Å². The number of benzene rings is 1. The van der Waals surface area contributed by atoms with E-state index >= 15 is 0 Å². The Balaban J connectivity index is 1.91. The van der Waals surface area contributed by atoms with Crippen LogP contribution in [0.1, 0.15) is 31.1 Å². The summed E-state index contributed by atoms with van der Waals surface area (Å²) >= 11 is 0. The minimum absolute atomic E-state index is 0.133. The summed E-state index contributed by atoms with van der Waals surface area (Å²) in [6, 6.07) is 13.1. The van der Waals surface area contributed by atoms with Crippen molar-refractivity contribution in [2.45, 2.75) is 26.3 Å². The van der Waals surface area contributed by atoms with Gasteiger partial charge in [0, 0.05) is 11.9 Å². The maximum absolute atomic E-state index is 11.9. The van der Waals surface area contributed by atoms with Gasteiger partial charge in [-0.05, 0) is 43.2 Å². The molecule has 0 aliphatic heterocycles. The van der Waals surface area contributed by atoms with Crippen LogP contribution in [0.4, 0.5) is 10.5 Å². The van der Waals surface area contributed by atoms with Crippen LogP contribution in [-0.4, -0.2) is 11.0 Å². The number of urea groups is 1. The third kappa shape index (κ3) is 3.82. The van der Waals surface area contributed by atoms with Gasteiger partial charge in [0.15, 0.2) is 0 Å². The van der Waals surface area contributed by atoms with Crippen molar-refractivity contribution in [3.8, 4) is 0 Å². The van der Waals surface area contributed by atoms with Gasteiger partial charge in [-0.1, -0.05) is 25.1 Å². The number of amides is 2. The highest BCUT2D eigenvalue weighted by Crippen LogP contribution is 2.11. The molecule has 1 aromatic carbocycles. The number of rotatable bonds is 4. The van der Waals surface area contributed by atoms with Crippen LogP contribution in [0.5, 0.6) is 0 Å². The van der Waals surface area contributed by atoms with Gasteiger partial charge in [-0.15, -0.1) is 0 Å². The fourth-order valence-corrected chi connectivity index (χ4v) is 1.89. The summed E-state index contributed by atoms with van der Waals surface area (Å²) in [6.07, 6.45) is 2.71. The van der Waals surface area contributed by atoms with Crippen LogP contribution in [0.15, 0.2) is 48.7 Å². The highest BCUT2D eigenvalue weighted by atomic mass is 16.2. The van der Waals surface area contributed by atoms with Crippen molar-refractivity contribution in [3.63, 3.8) is 0 Å². The van der Waals surface area contributed by atoms with Crippen LogP contribution in [-0.2, 0) is 6.42 Å². The average molecular weight is 269 g/mol. The van der Waals surface area contributed by atoms with Gasteiger partial charge in [0.1, 0.15) is 0 Å². The Morgan fingerprint density at radius 1 is 1.20 bits per heavy atom. The van der Waals surface area contributed by atoms with E-state index in [1.54, 1.807) is 6.20 Å². The largest absolute Gasteiger partial charge is 0.330 e. The molecular weight excluding hydrogens is 250 g/mol. The van der Waals surface area contributed by atoms with Crippen LogP contribution in [0.25, 0.3) is 0 Å². The number of aromatic nitrogens is 1. The Bertz CT molecular complexity index is 552. The third-order valence-electron chi connectivity index (χ3n) is 3.10. The first-order valence-electron chi connectivity index (χ1n) is 6.76. The Hall–Kier alpha value is -2.36. The quantitative estimate of drug-likeness (QED) is 0.892. The molecule has 0 radical (unpaired) electrons. The molecule has 1 heterocycles. The molecule has 0 bridgehead atoms. The molecule has 0 aliphatic rings. The lowest BCUT2D eigenvalue weighted by Gasteiger charge is -2.14. The van der Waals surface area contributed by atoms with Crippen molar-refractivity contribution in [2.24, 2.45) is 0 Å². The molecule has 2 rings (SSSR count). The minimum atomic E-state index is -0.229. The monoisotopic (exact) mass is 269 g/mol. The van der Waals surface area contributed by atoms with Crippen molar-refractivity contribution in [2.75, 3.05) is 5.32 Å². The predicted molar refractivity (Wildman–Crippen MR) is 80.6 cm³/mol. The fourth-order valence-electron chi connectivity index (χ4n) is 1.89. The second-order valence-corrected chi connectivity index (χ2v) is 4.63. The van der Waals surface area contributed by atoms with E-state index < -0.39 is 0 Å². The fraction of sp³-hybridized carbons (Fsp3) is 0.250. The van der Waals surface area contributed by atoms with Crippen molar-refractivity contribution < 1.29 is 4.79 Å². The molecule has 20 heavy (non-hydrogen) atoms. The maximum Gasteiger partial charge on any atom is 0.319 e. The van der Waals surface area contributed by atoms with Gasteiger partial charge in [0.05, 0.1) is 11.7 Å². The van der Waals surface area contributed by atoms with E-state index in [1.165, 1.54) is 5.56 Å². The summed E-state index contributed by atoms with van der Waals surface area (Å²) < 4.78 is 0. The molecule has 2 amide bonds. The summed E-state index contributed by atoms with van der Waals surface area (Å²) in [5, 5.41) is 5.68. The van der Waals surface area contributed by atoms with Crippen LogP contribution in [0.3, 0.4) is 0 Å². The average Bonchev–Trinajstić information content (AvgIpc) is 2.49. The van der Waals surface area contributed by atoms with Crippen LogP contribution >= 0.6 is 0 Å². The van der Waals surface area contributed by atoms with E-state index in [0.29, 0.717) is 0 Å². The van der Waals surface area contributed by atoms with Crippen LogP contribution < -0.4 is 10.6 Å². The Kier molecular flexibility index (Phi) is 4.71. The van der Waals surface area contributed by atoms with E-state index in [-0.39, 0.29) is 12.1 Å². The van der Waals surface area contributed by atoms with E-state index in [2.05, 4.69) is 22.5 Å². The number of carbonyl (C=O) groups is 1. The van der Waals surface area contributed by atoms with Crippen molar-refractivity contribution in [1.82, 2.24) is 10.3 Å². The molecule has 4 heteroatoms. The number of aryl methyl sites for hydroxylation is 1. The lowest BCUT2D eigenvalue weighted by Crippen LogP contribution is -2.31. The molecule has 104 valence electrons. The highest BCUT2D eigenvalue weighted by molar-refractivity contribution is 5.89. The lowest BCUT2D eigenvalue weighted by atomic mass is 10.1. The molecule has 0 aliphatic carbocycles. The summed E-state index contributed by atoms with van der Waals surface area (Å²) in [5.41, 5.74) is 2.87. The van der Waals surface area contributed by atoms with Crippen LogP contribution in [0, 0.1) is 0 Å². The van der Waals surface area contributed by atoms with Crippen molar-refractivity contribution >= 4 is 11.7 Å². The zero-order valence-electron chi connectivity index (χ0n) is 11.8. The SMILES string of the molecule is CCc1ccc(NC(=O)N[C@H](C)c2ccccn2)cc1. The van der Waals surface area contributed by atoms with E-state index in [4.69, 9.17) is 0 Å². The number of hydrogen-bond acceptors (Lipinski definition) is 2. The van der Waals surface area contributed by atoms with E-state index in [9.17, 15) is 4.79 Å². The molecule has 1 atom stereocenters. The smallest absolute Gasteiger partial charge is 0.319 e. The molecule has 0 spiro atoms. The minimum Gasteiger partial charge on any atom is -0.330 e.